The Morgan fingerprint density at radius 1 is 1.31 bits per heavy atom. The van der Waals surface area contributed by atoms with Crippen molar-refractivity contribution in [3.8, 4) is 0 Å². The summed E-state index contributed by atoms with van der Waals surface area (Å²) in [6, 6.07) is 8.35. The summed E-state index contributed by atoms with van der Waals surface area (Å²) >= 11 is 2.24. The lowest BCUT2D eigenvalue weighted by atomic mass is 10.2. The predicted molar refractivity (Wildman–Crippen MR) is 74.0 cm³/mol. The zero-order chi connectivity index (χ0) is 11.5. The summed E-state index contributed by atoms with van der Waals surface area (Å²) in [5, 5.41) is 0. The zero-order valence-electron chi connectivity index (χ0n) is 9.18. The van der Waals surface area contributed by atoms with Crippen LogP contribution >= 0.6 is 22.6 Å². The van der Waals surface area contributed by atoms with E-state index in [1.54, 1.807) is 6.33 Å². The predicted octanol–water partition coefficient (Wildman–Crippen LogP) is 3.16. The Kier molecular flexibility index (Phi) is 3.38. The highest BCUT2D eigenvalue weighted by Crippen LogP contribution is 2.25. The van der Waals surface area contributed by atoms with Crippen LogP contribution in [0.3, 0.4) is 0 Å². The van der Waals surface area contributed by atoms with E-state index in [1.165, 1.54) is 5.56 Å². The second-order valence-corrected chi connectivity index (χ2v) is 4.75. The molecule has 0 amide bonds. The second-order valence-electron chi connectivity index (χ2n) is 3.59. The highest BCUT2D eigenvalue weighted by molar-refractivity contribution is 14.1. The zero-order valence-corrected chi connectivity index (χ0v) is 11.3. The maximum Gasteiger partial charge on any atom is 0.149 e. The maximum absolute atomic E-state index is 4.29. The smallest absolute Gasteiger partial charge is 0.149 e. The van der Waals surface area contributed by atoms with Crippen molar-refractivity contribution in [3.63, 3.8) is 0 Å². The topological polar surface area (TPSA) is 29.0 Å². The fraction of sp³-hybridized carbons (Fsp3) is 0.167. The molecule has 3 nitrogen and oxygen atoms in total. The number of nitrogens with zero attached hydrogens (tertiary/aromatic N) is 3. The number of benzene rings is 1. The first-order chi connectivity index (χ1) is 7.68. The van der Waals surface area contributed by atoms with Crippen LogP contribution in [0.1, 0.15) is 5.56 Å². The molecule has 0 aliphatic carbocycles. The molecular formula is C12H12IN3. The van der Waals surface area contributed by atoms with Crippen molar-refractivity contribution in [2.45, 2.75) is 6.92 Å². The van der Waals surface area contributed by atoms with E-state index in [-0.39, 0.29) is 0 Å². The standard InChI is InChI=1S/C12H12IN3/c1-9-4-3-5-10(6-9)16(2)12-11(13)7-14-8-15-12/h3-8H,1-2H3. The molecule has 0 atom stereocenters. The molecule has 82 valence electrons. The third kappa shape index (κ3) is 2.32. The van der Waals surface area contributed by atoms with E-state index in [2.05, 4.69) is 68.6 Å². The highest BCUT2D eigenvalue weighted by Gasteiger charge is 2.08. The Morgan fingerprint density at radius 3 is 2.81 bits per heavy atom. The number of aromatic nitrogens is 2. The van der Waals surface area contributed by atoms with E-state index in [0.29, 0.717) is 0 Å². The van der Waals surface area contributed by atoms with Crippen LogP contribution in [0.5, 0.6) is 0 Å². The van der Waals surface area contributed by atoms with E-state index < -0.39 is 0 Å². The van der Waals surface area contributed by atoms with E-state index in [1.807, 2.05) is 13.2 Å². The van der Waals surface area contributed by atoms with Crippen molar-refractivity contribution in [2.24, 2.45) is 0 Å². The van der Waals surface area contributed by atoms with Crippen LogP contribution in [0.25, 0.3) is 0 Å². The summed E-state index contributed by atoms with van der Waals surface area (Å²) in [5.41, 5.74) is 2.38. The fourth-order valence-electron chi connectivity index (χ4n) is 1.51. The average Bonchev–Trinajstić information content (AvgIpc) is 2.29. The highest BCUT2D eigenvalue weighted by atomic mass is 127. The van der Waals surface area contributed by atoms with Crippen molar-refractivity contribution in [2.75, 3.05) is 11.9 Å². The molecule has 0 spiro atoms. The van der Waals surface area contributed by atoms with Crippen LogP contribution in [0.4, 0.5) is 11.5 Å². The maximum atomic E-state index is 4.29. The number of halogens is 1. The summed E-state index contributed by atoms with van der Waals surface area (Å²) in [6.45, 7) is 2.09. The van der Waals surface area contributed by atoms with Crippen molar-refractivity contribution in [3.05, 3.63) is 45.9 Å². The van der Waals surface area contributed by atoms with Gasteiger partial charge < -0.3 is 4.90 Å². The molecule has 0 aliphatic heterocycles. The second kappa shape index (κ2) is 4.78. The van der Waals surface area contributed by atoms with Crippen molar-refractivity contribution < 1.29 is 0 Å². The van der Waals surface area contributed by atoms with Crippen molar-refractivity contribution in [1.29, 1.82) is 0 Å². The first kappa shape index (κ1) is 11.3. The third-order valence-corrected chi connectivity index (χ3v) is 3.12. The molecule has 0 saturated heterocycles. The minimum atomic E-state index is 0.932. The Labute approximate surface area is 109 Å². The Bertz CT molecular complexity index is 499. The summed E-state index contributed by atoms with van der Waals surface area (Å²) in [7, 11) is 2.01. The van der Waals surface area contributed by atoms with E-state index in [4.69, 9.17) is 0 Å². The van der Waals surface area contributed by atoms with Gasteiger partial charge in [-0.25, -0.2) is 9.97 Å². The van der Waals surface area contributed by atoms with Crippen LogP contribution in [-0.2, 0) is 0 Å². The lowest BCUT2D eigenvalue weighted by Crippen LogP contribution is -2.12. The SMILES string of the molecule is Cc1cccc(N(C)c2ncncc2I)c1. The van der Waals surface area contributed by atoms with Gasteiger partial charge in [-0.2, -0.15) is 0 Å². The van der Waals surface area contributed by atoms with Crippen LogP contribution in [0.15, 0.2) is 36.8 Å². The Morgan fingerprint density at radius 2 is 2.12 bits per heavy atom. The van der Waals surface area contributed by atoms with Gasteiger partial charge in [0.25, 0.3) is 0 Å². The normalized spacial score (nSPS) is 10.2. The average molecular weight is 325 g/mol. The largest absolute Gasteiger partial charge is 0.328 e. The molecule has 0 saturated carbocycles. The summed E-state index contributed by atoms with van der Waals surface area (Å²) in [4.78, 5) is 10.4. The molecule has 0 unspecified atom stereocenters. The van der Waals surface area contributed by atoms with Gasteiger partial charge in [-0.1, -0.05) is 12.1 Å². The summed E-state index contributed by atoms with van der Waals surface area (Å²) < 4.78 is 1.05. The van der Waals surface area contributed by atoms with Gasteiger partial charge in [0, 0.05) is 18.9 Å². The van der Waals surface area contributed by atoms with Crippen LogP contribution in [0, 0.1) is 10.5 Å². The minimum absolute atomic E-state index is 0.932. The number of hydrogen-bond acceptors (Lipinski definition) is 3. The number of hydrogen-bond donors (Lipinski definition) is 0. The van der Waals surface area contributed by atoms with Gasteiger partial charge in [0.2, 0.25) is 0 Å². The van der Waals surface area contributed by atoms with Gasteiger partial charge in [-0.05, 0) is 47.2 Å². The molecule has 2 rings (SSSR count). The van der Waals surface area contributed by atoms with Gasteiger partial charge >= 0.3 is 0 Å². The van der Waals surface area contributed by atoms with Gasteiger partial charge in [0.15, 0.2) is 0 Å². The molecule has 1 aromatic carbocycles. The monoisotopic (exact) mass is 325 g/mol. The Balaban J connectivity index is 2.39. The molecule has 0 bridgehead atoms. The number of anilines is 2. The van der Waals surface area contributed by atoms with Crippen LogP contribution in [0.2, 0.25) is 0 Å². The molecule has 0 fully saturated rings. The quantitative estimate of drug-likeness (QED) is 0.794. The molecule has 0 radical (unpaired) electrons. The van der Waals surface area contributed by atoms with Gasteiger partial charge in [0.1, 0.15) is 12.1 Å². The van der Waals surface area contributed by atoms with E-state index >= 15 is 0 Å². The minimum Gasteiger partial charge on any atom is -0.328 e. The molecule has 1 aromatic heterocycles. The van der Waals surface area contributed by atoms with Gasteiger partial charge in [0.05, 0.1) is 3.57 Å². The Hall–Kier alpha value is -1.17. The van der Waals surface area contributed by atoms with Gasteiger partial charge in [-0.3, -0.25) is 0 Å². The molecule has 4 heteroatoms. The number of rotatable bonds is 2. The lowest BCUT2D eigenvalue weighted by Gasteiger charge is -2.19. The van der Waals surface area contributed by atoms with E-state index in [9.17, 15) is 0 Å². The summed E-state index contributed by atoms with van der Waals surface area (Å²) in [5.74, 6) is 0.932. The van der Waals surface area contributed by atoms with Crippen LogP contribution < -0.4 is 4.90 Å². The van der Waals surface area contributed by atoms with Crippen LogP contribution in [-0.4, -0.2) is 17.0 Å². The first-order valence-corrected chi connectivity index (χ1v) is 6.02. The lowest BCUT2D eigenvalue weighted by molar-refractivity contribution is 1.06. The van der Waals surface area contributed by atoms with E-state index in [0.717, 1.165) is 15.1 Å². The molecular weight excluding hydrogens is 313 g/mol. The molecule has 0 aliphatic rings. The molecule has 2 aromatic rings. The fourth-order valence-corrected chi connectivity index (χ4v) is 2.17. The van der Waals surface area contributed by atoms with Crippen molar-refractivity contribution >= 4 is 34.1 Å². The molecule has 16 heavy (non-hydrogen) atoms. The first-order valence-electron chi connectivity index (χ1n) is 4.94. The molecule has 1 heterocycles. The third-order valence-electron chi connectivity index (χ3n) is 2.35. The van der Waals surface area contributed by atoms with Gasteiger partial charge in [-0.15, -0.1) is 0 Å². The molecule has 0 N–H and O–H groups in total. The number of aryl methyl sites for hydroxylation is 1. The van der Waals surface area contributed by atoms with Crippen molar-refractivity contribution in [1.82, 2.24) is 9.97 Å². The summed E-state index contributed by atoms with van der Waals surface area (Å²) in [6.07, 6.45) is 3.39.